The standard InChI is InChI=1S/C14H13N3O/c1-10-8-14(17-9-13(10)16)18-12-4-2-11(3-5-12)6-7-15/h2-5,8-9H,6,16H2,1H3. The van der Waals surface area contributed by atoms with Gasteiger partial charge < -0.3 is 10.5 Å². The average Bonchev–Trinajstić information content (AvgIpc) is 2.37. The molecule has 0 aliphatic heterocycles. The summed E-state index contributed by atoms with van der Waals surface area (Å²) in [4.78, 5) is 4.09. The van der Waals surface area contributed by atoms with Crippen molar-refractivity contribution in [2.24, 2.45) is 0 Å². The Bertz CT molecular complexity index is 585. The molecule has 0 saturated carbocycles. The number of hydrogen-bond acceptors (Lipinski definition) is 4. The van der Waals surface area contributed by atoms with Crippen LogP contribution in [0.2, 0.25) is 0 Å². The van der Waals surface area contributed by atoms with Gasteiger partial charge in [-0.15, -0.1) is 0 Å². The average molecular weight is 239 g/mol. The largest absolute Gasteiger partial charge is 0.439 e. The van der Waals surface area contributed by atoms with Crippen molar-refractivity contribution < 1.29 is 4.74 Å². The predicted molar refractivity (Wildman–Crippen MR) is 69.2 cm³/mol. The SMILES string of the molecule is Cc1cc(Oc2ccc(CC#N)cc2)ncc1N. The van der Waals surface area contributed by atoms with Crippen LogP contribution in [0.3, 0.4) is 0 Å². The monoisotopic (exact) mass is 239 g/mol. The second-order valence-electron chi connectivity index (χ2n) is 3.96. The number of hydrogen-bond donors (Lipinski definition) is 1. The highest BCUT2D eigenvalue weighted by Crippen LogP contribution is 2.22. The summed E-state index contributed by atoms with van der Waals surface area (Å²) in [5.41, 5.74) is 8.23. The normalized spacial score (nSPS) is 9.78. The summed E-state index contributed by atoms with van der Waals surface area (Å²) in [5.74, 6) is 1.20. The van der Waals surface area contributed by atoms with Gasteiger partial charge >= 0.3 is 0 Å². The number of nitrogen functional groups attached to an aromatic ring is 1. The van der Waals surface area contributed by atoms with Crippen LogP contribution < -0.4 is 10.5 Å². The van der Waals surface area contributed by atoms with E-state index in [2.05, 4.69) is 11.1 Å². The quantitative estimate of drug-likeness (QED) is 0.893. The van der Waals surface area contributed by atoms with E-state index in [0.717, 1.165) is 11.1 Å². The number of aryl methyl sites for hydroxylation is 1. The molecule has 0 aliphatic carbocycles. The first kappa shape index (κ1) is 11.9. The van der Waals surface area contributed by atoms with Crippen molar-refractivity contribution in [1.82, 2.24) is 4.98 Å². The van der Waals surface area contributed by atoms with Crippen LogP contribution in [0.5, 0.6) is 11.6 Å². The zero-order valence-corrected chi connectivity index (χ0v) is 10.1. The van der Waals surface area contributed by atoms with Gasteiger partial charge in [-0.2, -0.15) is 5.26 Å². The number of ether oxygens (including phenoxy) is 1. The molecule has 4 nitrogen and oxygen atoms in total. The highest BCUT2D eigenvalue weighted by atomic mass is 16.5. The number of anilines is 1. The van der Waals surface area contributed by atoms with E-state index >= 15 is 0 Å². The Morgan fingerprint density at radius 1 is 1.33 bits per heavy atom. The number of benzene rings is 1. The minimum atomic E-state index is 0.402. The molecule has 1 aromatic carbocycles. The first-order chi connectivity index (χ1) is 8.69. The fourth-order valence-corrected chi connectivity index (χ4v) is 1.48. The van der Waals surface area contributed by atoms with Gasteiger partial charge in [0, 0.05) is 6.07 Å². The number of nitriles is 1. The molecule has 2 rings (SSSR count). The molecule has 18 heavy (non-hydrogen) atoms. The molecule has 0 fully saturated rings. The Balaban J connectivity index is 2.13. The predicted octanol–water partition coefficient (Wildman–Crippen LogP) is 2.83. The van der Waals surface area contributed by atoms with Gasteiger partial charge in [0.2, 0.25) is 5.88 Å². The second kappa shape index (κ2) is 5.19. The van der Waals surface area contributed by atoms with E-state index in [1.165, 1.54) is 0 Å². The van der Waals surface area contributed by atoms with Gasteiger partial charge in [-0.25, -0.2) is 4.98 Å². The summed E-state index contributed by atoms with van der Waals surface area (Å²) in [6.07, 6.45) is 1.98. The van der Waals surface area contributed by atoms with E-state index in [4.69, 9.17) is 15.7 Å². The lowest BCUT2D eigenvalue weighted by Gasteiger charge is -2.06. The van der Waals surface area contributed by atoms with E-state index < -0.39 is 0 Å². The van der Waals surface area contributed by atoms with Crippen molar-refractivity contribution in [2.45, 2.75) is 13.3 Å². The van der Waals surface area contributed by atoms with Crippen LogP contribution in [0.15, 0.2) is 36.5 Å². The van der Waals surface area contributed by atoms with E-state index in [0.29, 0.717) is 23.7 Å². The van der Waals surface area contributed by atoms with Crippen LogP contribution in [0.4, 0.5) is 5.69 Å². The molecule has 4 heteroatoms. The van der Waals surface area contributed by atoms with E-state index in [1.807, 2.05) is 31.2 Å². The maximum atomic E-state index is 8.58. The Labute approximate surface area is 106 Å². The summed E-state index contributed by atoms with van der Waals surface area (Å²) >= 11 is 0. The molecular weight excluding hydrogens is 226 g/mol. The number of pyridine rings is 1. The minimum Gasteiger partial charge on any atom is -0.439 e. The van der Waals surface area contributed by atoms with Crippen LogP contribution in [0, 0.1) is 18.3 Å². The molecule has 0 unspecified atom stereocenters. The second-order valence-corrected chi connectivity index (χ2v) is 3.96. The fourth-order valence-electron chi connectivity index (χ4n) is 1.48. The maximum absolute atomic E-state index is 8.58. The molecule has 0 spiro atoms. The highest BCUT2D eigenvalue weighted by Gasteiger charge is 2.01. The molecule has 2 N–H and O–H groups in total. The molecular formula is C14H13N3O. The third-order valence-electron chi connectivity index (χ3n) is 2.56. The Kier molecular flexibility index (Phi) is 3.44. The smallest absolute Gasteiger partial charge is 0.219 e. The molecule has 0 radical (unpaired) electrons. The lowest BCUT2D eigenvalue weighted by atomic mass is 10.2. The molecule has 0 bridgehead atoms. The molecule has 1 aromatic heterocycles. The zero-order chi connectivity index (χ0) is 13.0. The van der Waals surface area contributed by atoms with Crippen LogP contribution in [-0.2, 0) is 6.42 Å². The van der Waals surface area contributed by atoms with E-state index in [9.17, 15) is 0 Å². The molecule has 0 saturated heterocycles. The number of aromatic nitrogens is 1. The van der Waals surface area contributed by atoms with Crippen molar-refractivity contribution in [2.75, 3.05) is 5.73 Å². The molecule has 0 amide bonds. The highest BCUT2D eigenvalue weighted by molar-refractivity contribution is 5.46. The summed E-state index contributed by atoms with van der Waals surface area (Å²) in [6.45, 7) is 1.90. The van der Waals surface area contributed by atoms with Crippen LogP contribution >= 0.6 is 0 Å². The number of nitrogens with zero attached hydrogens (tertiary/aromatic N) is 2. The van der Waals surface area contributed by atoms with Gasteiger partial charge in [-0.1, -0.05) is 12.1 Å². The number of rotatable bonds is 3. The molecule has 90 valence electrons. The van der Waals surface area contributed by atoms with Crippen molar-refractivity contribution in [1.29, 1.82) is 5.26 Å². The van der Waals surface area contributed by atoms with Crippen LogP contribution in [-0.4, -0.2) is 4.98 Å². The van der Waals surface area contributed by atoms with Gasteiger partial charge in [0.15, 0.2) is 0 Å². The van der Waals surface area contributed by atoms with Crippen LogP contribution in [0.1, 0.15) is 11.1 Å². The summed E-state index contributed by atoms with van der Waals surface area (Å²) < 4.78 is 5.60. The Morgan fingerprint density at radius 3 is 2.67 bits per heavy atom. The minimum absolute atomic E-state index is 0.402. The van der Waals surface area contributed by atoms with Gasteiger partial charge in [0.25, 0.3) is 0 Å². The maximum Gasteiger partial charge on any atom is 0.219 e. The third-order valence-corrected chi connectivity index (χ3v) is 2.56. The van der Waals surface area contributed by atoms with Crippen LogP contribution in [0.25, 0.3) is 0 Å². The lowest BCUT2D eigenvalue weighted by molar-refractivity contribution is 0.462. The Morgan fingerprint density at radius 2 is 2.06 bits per heavy atom. The summed E-state index contributed by atoms with van der Waals surface area (Å²) in [5, 5.41) is 8.58. The molecule has 0 aliphatic rings. The molecule has 0 atom stereocenters. The summed E-state index contributed by atoms with van der Waals surface area (Å²) in [7, 11) is 0. The van der Waals surface area contributed by atoms with Crippen molar-refractivity contribution >= 4 is 5.69 Å². The first-order valence-electron chi connectivity index (χ1n) is 5.55. The van der Waals surface area contributed by atoms with Crippen molar-refractivity contribution in [3.63, 3.8) is 0 Å². The lowest BCUT2D eigenvalue weighted by Crippen LogP contribution is -1.94. The van der Waals surface area contributed by atoms with E-state index in [1.54, 1.807) is 12.3 Å². The van der Waals surface area contributed by atoms with E-state index in [-0.39, 0.29) is 0 Å². The van der Waals surface area contributed by atoms with Gasteiger partial charge in [-0.3, -0.25) is 0 Å². The topological polar surface area (TPSA) is 71.9 Å². The van der Waals surface area contributed by atoms with Crippen molar-refractivity contribution in [3.05, 3.63) is 47.7 Å². The van der Waals surface area contributed by atoms with Gasteiger partial charge in [0.1, 0.15) is 5.75 Å². The van der Waals surface area contributed by atoms with Gasteiger partial charge in [0.05, 0.1) is 24.4 Å². The Hall–Kier alpha value is -2.54. The van der Waals surface area contributed by atoms with Crippen molar-refractivity contribution in [3.8, 4) is 17.7 Å². The third kappa shape index (κ3) is 2.77. The fraction of sp³-hybridized carbons (Fsp3) is 0.143. The molecule has 2 aromatic rings. The molecule has 1 heterocycles. The zero-order valence-electron chi connectivity index (χ0n) is 10.1. The van der Waals surface area contributed by atoms with Gasteiger partial charge in [-0.05, 0) is 30.2 Å². The summed E-state index contributed by atoms with van der Waals surface area (Å²) in [6, 6.07) is 11.3. The first-order valence-corrected chi connectivity index (χ1v) is 5.55. The number of nitrogens with two attached hydrogens (primary N) is 1.